The number of aromatic amines is 1. The molecule has 0 saturated heterocycles. The van der Waals surface area contributed by atoms with Crippen molar-refractivity contribution >= 4 is 23.0 Å². The van der Waals surface area contributed by atoms with Crippen LogP contribution in [0.5, 0.6) is 5.88 Å². The Kier molecular flexibility index (Phi) is 2.91. The molecule has 0 unspecified atom stereocenters. The van der Waals surface area contributed by atoms with E-state index in [0.717, 1.165) is 23.8 Å². The molecule has 0 aliphatic heterocycles. The number of ether oxygens (including phenoxy) is 1. The minimum absolute atomic E-state index is 0.237. The molecular weight excluding hydrogens is 244 g/mol. The van der Waals surface area contributed by atoms with Crippen LogP contribution in [0.1, 0.15) is 24.8 Å². The quantitative estimate of drug-likeness (QED) is 0.810. The molecule has 3 N–H and O–H groups in total. The Morgan fingerprint density at radius 2 is 2.32 bits per heavy atom. The molecule has 2 aromatic heterocycles. The fourth-order valence-electron chi connectivity index (χ4n) is 2.00. The van der Waals surface area contributed by atoms with Crippen molar-refractivity contribution in [3.05, 3.63) is 24.2 Å². The van der Waals surface area contributed by atoms with Crippen molar-refractivity contribution in [2.24, 2.45) is 5.73 Å². The van der Waals surface area contributed by atoms with Crippen LogP contribution in [0.4, 0.5) is 0 Å². The fourth-order valence-corrected chi connectivity index (χ4v) is 2.00. The van der Waals surface area contributed by atoms with E-state index in [2.05, 4.69) is 15.0 Å². The van der Waals surface area contributed by atoms with Gasteiger partial charge in [-0.25, -0.2) is 9.97 Å². The van der Waals surface area contributed by atoms with E-state index < -0.39 is 5.91 Å². The molecule has 6 heteroatoms. The van der Waals surface area contributed by atoms with Crippen LogP contribution in [0, 0.1) is 0 Å². The first kappa shape index (κ1) is 11.7. The summed E-state index contributed by atoms with van der Waals surface area (Å²) in [5, 5.41) is 0.784. The van der Waals surface area contributed by atoms with Gasteiger partial charge in [0.15, 0.2) is 0 Å². The third-order valence-corrected chi connectivity index (χ3v) is 3.22. The third-order valence-electron chi connectivity index (χ3n) is 3.22. The lowest BCUT2D eigenvalue weighted by molar-refractivity contribution is -0.113. The molecule has 6 nitrogen and oxygen atoms in total. The smallest absolute Gasteiger partial charge is 0.241 e. The molecule has 3 rings (SSSR count). The number of aromatic nitrogens is 3. The summed E-state index contributed by atoms with van der Waals surface area (Å²) in [5.41, 5.74) is 6.59. The first-order chi connectivity index (χ1) is 9.24. The summed E-state index contributed by atoms with van der Waals surface area (Å²) in [6.07, 6.45) is 9.72. The first-order valence-corrected chi connectivity index (χ1v) is 6.20. The van der Waals surface area contributed by atoms with Gasteiger partial charge >= 0.3 is 0 Å². The van der Waals surface area contributed by atoms with Crippen molar-refractivity contribution < 1.29 is 9.53 Å². The molecule has 0 spiro atoms. The lowest BCUT2D eigenvalue weighted by atomic mass is 9.96. The number of H-pyrrole nitrogens is 1. The molecule has 1 saturated carbocycles. The van der Waals surface area contributed by atoms with Crippen LogP contribution < -0.4 is 10.5 Å². The summed E-state index contributed by atoms with van der Waals surface area (Å²) in [6, 6.07) is 0. The Morgan fingerprint density at radius 1 is 1.47 bits per heavy atom. The number of amides is 1. The maximum absolute atomic E-state index is 10.8. The van der Waals surface area contributed by atoms with Gasteiger partial charge in [0.1, 0.15) is 18.1 Å². The van der Waals surface area contributed by atoms with Gasteiger partial charge in [0.25, 0.3) is 0 Å². The largest absolute Gasteiger partial charge is 0.474 e. The summed E-state index contributed by atoms with van der Waals surface area (Å²) in [4.78, 5) is 22.2. The number of fused-ring (bicyclic) bond motifs is 1. The van der Waals surface area contributed by atoms with Gasteiger partial charge in [-0.2, -0.15) is 0 Å². The van der Waals surface area contributed by atoms with Crippen LogP contribution in [0.15, 0.2) is 18.6 Å². The lowest BCUT2D eigenvalue weighted by Gasteiger charge is -2.25. The Bertz CT molecular complexity index is 643. The Morgan fingerprint density at radius 3 is 3.00 bits per heavy atom. The summed E-state index contributed by atoms with van der Waals surface area (Å²) >= 11 is 0. The Labute approximate surface area is 109 Å². The molecular formula is C13H14N4O2. The number of hydrogen-bond acceptors (Lipinski definition) is 4. The molecule has 0 bridgehead atoms. The van der Waals surface area contributed by atoms with Crippen LogP contribution >= 0.6 is 0 Å². The van der Waals surface area contributed by atoms with Crippen LogP contribution in [0.25, 0.3) is 17.1 Å². The predicted molar refractivity (Wildman–Crippen MR) is 70.4 cm³/mol. The van der Waals surface area contributed by atoms with Crippen LogP contribution in [-0.2, 0) is 4.79 Å². The maximum atomic E-state index is 10.8. The third kappa shape index (κ3) is 2.29. The summed E-state index contributed by atoms with van der Waals surface area (Å²) in [7, 11) is 0. The summed E-state index contributed by atoms with van der Waals surface area (Å²) in [6.45, 7) is 0. The van der Waals surface area contributed by atoms with E-state index in [4.69, 9.17) is 10.5 Å². The molecule has 2 aromatic rings. The van der Waals surface area contributed by atoms with Crippen molar-refractivity contribution in [2.45, 2.75) is 25.4 Å². The average Bonchev–Trinajstić information content (AvgIpc) is 2.75. The highest BCUT2D eigenvalue weighted by Crippen LogP contribution is 2.30. The molecule has 1 amide bonds. The topological polar surface area (TPSA) is 93.9 Å². The SMILES string of the molecule is NC(=O)/C=C/c1c[nH]c2ncnc(OC3CCC3)c12. The second kappa shape index (κ2) is 4.72. The van der Waals surface area contributed by atoms with Crippen molar-refractivity contribution in [1.29, 1.82) is 0 Å². The van der Waals surface area contributed by atoms with Crippen molar-refractivity contribution in [1.82, 2.24) is 15.0 Å². The zero-order valence-corrected chi connectivity index (χ0v) is 10.3. The summed E-state index contributed by atoms with van der Waals surface area (Å²) < 4.78 is 5.85. The van der Waals surface area contributed by atoms with E-state index in [9.17, 15) is 4.79 Å². The van der Waals surface area contributed by atoms with Gasteiger partial charge in [-0.05, 0) is 25.3 Å². The fraction of sp³-hybridized carbons (Fsp3) is 0.308. The number of primary amides is 1. The minimum Gasteiger partial charge on any atom is -0.474 e. The highest BCUT2D eigenvalue weighted by molar-refractivity contribution is 5.96. The molecule has 0 radical (unpaired) electrons. The zero-order valence-electron chi connectivity index (χ0n) is 10.3. The molecule has 2 heterocycles. The maximum Gasteiger partial charge on any atom is 0.241 e. The van der Waals surface area contributed by atoms with Gasteiger partial charge in [-0.1, -0.05) is 0 Å². The highest BCUT2D eigenvalue weighted by Gasteiger charge is 2.21. The Hall–Kier alpha value is -2.37. The highest BCUT2D eigenvalue weighted by atomic mass is 16.5. The van der Waals surface area contributed by atoms with E-state index in [-0.39, 0.29) is 6.10 Å². The van der Waals surface area contributed by atoms with E-state index >= 15 is 0 Å². The van der Waals surface area contributed by atoms with Gasteiger partial charge in [0.05, 0.1) is 5.39 Å². The number of nitrogens with one attached hydrogen (secondary N) is 1. The molecule has 1 aliphatic rings. The van der Waals surface area contributed by atoms with Crippen LogP contribution in [0.2, 0.25) is 0 Å². The van der Waals surface area contributed by atoms with Gasteiger partial charge in [-0.15, -0.1) is 0 Å². The number of carbonyl (C=O) groups is 1. The molecule has 19 heavy (non-hydrogen) atoms. The number of carbonyl (C=O) groups excluding carboxylic acids is 1. The molecule has 0 atom stereocenters. The molecule has 1 fully saturated rings. The molecule has 98 valence electrons. The lowest BCUT2D eigenvalue weighted by Crippen LogP contribution is -2.25. The monoisotopic (exact) mass is 258 g/mol. The second-order valence-electron chi connectivity index (χ2n) is 4.55. The van der Waals surface area contributed by atoms with Gasteiger partial charge in [-0.3, -0.25) is 4.79 Å². The van der Waals surface area contributed by atoms with Crippen molar-refractivity contribution in [3.8, 4) is 5.88 Å². The van der Waals surface area contributed by atoms with Crippen LogP contribution in [-0.4, -0.2) is 27.0 Å². The zero-order chi connectivity index (χ0) is 13.2. The standard InChI is InChI=1S/C13H14N4O2/c14-10(18)5-4-8-6-15-12-11(8)13(17-7-16-12)19-9-2-1-3-9/h4-7,9H,1-3H2,(H2,14,18)(H,15,16,17)/b5-4+. The summed E-state index contributed by atoms with van der Waals surface area (Å²) in [5.74, 6) is 0.0627. The normalized spacial score (nSPS) is 15.8. The molecule has 1 aliphatic carbocycles. The number of rotatable bonds is 4. The Balaban J connectivity index is 2.00. The van der Waals surface area contributed by atoms with Gasteiger partial charge in [0, 0.05) is 17.8 Å². The number of hydrogen-bond donors (Lipinski definition) is 2. The van der Waals surface area contributed by atoms with Crippen molar-refractivity contribution in [3.63, 3.8) is 0 Å². The van der Waals surface area contributed by atoms with Crippen LogP contribution in [0.3, 0.4) is 0 Å². The van der Waals surface area contributed by atoms with E-state index in [0.29, 0.717) is 11.5 Å². The number of nitrogens with zero attached hydrogens (tertiary/aromatic N) is 2. The van der Waals surface area contributed by atoms with E-state index in [1.165, 1.54) is 18.8 Å². The van der Waals surface area contributed by atoms with Crippen molar-refractivity contribution in [2.75, 3.05) is 0 Å². The first-order valence-electron chi connectivity index (χ1n) is 6.20. The van der Waals surface area contributed by atoms with Gasteiger partial charge in [0.2, 0.25) is 11.8 Å². The van der Waals surface area contributed by atoms with E-state index in [1.54, 1.807) is 12.3 Å². The molecule has 0 aromatic carbocycles. The average molecular weight is 258 g/mol. The number of nitrogens with two attached hydrogens (primary N) is 1. The van der Waals surface area contributed by atoms with Gasteiger partial charge < -0.3 is 15.5 Å². The second-order valence-corrected chi connectivity index (χ2v) is 4.55. The van der Waals surface area contributed by atoms with E-state index in [1.807, 2.05) is 0 Å². The predicted octanol–water partition coefficient (Wildman–Crippen LogP) is 1.39. The minimum atomic E-state index is -0.493.